The maximum absolute atomic E-state index is 12.0. The van der Waals surface area contributed by atoms with Crippen molar-refractivity contribution >= 4 is 18.3 Å². The Bertz CT molecular complexity index is 274. The first-order valence-corrected chi connectivity index (χ1v) is 7.35. The number of likely N-dealkylation sites (N-methyl/N-ethyl adjacent to an activating group) is 1. The van der Waals surface area contributed by atoms with Crippen molar-refractivity contribution in [3.05, 3.63) is 0 Å². The first-order valence-electron chi connectivity index (χ1n) is 7.35. The first kappa shape index (κ1) is 16.7. The molecule has 1 amide bonds. The fraction of sp³-hybridized carbons (Fsp3) is 0.929. The third kappa shape index (κ3) is 5.28. The van der Waals surface area contributed by atoms with Gasteiger partial charge in [-0.1, -0.05) is 6.92 Å². The molecule has 0 aromatic carbocycles. The summed E-state index contributed by atoms with van der Waals surface area (Å²) < 4.78 is 0. The SMILES string of the molecule is CC1CCC(NC(=O)CN(C)C2CCNC2)CC1.Cl. The highest BCUT2D eigenvalue weighted by Gasteiger charge is 2.23. The topological polar surface area (TPSA) is 44.4 Å². The number of rotatable bonds is 4. The third-order valence-corrected chi connectivity index (χ3v) is 4.43. The van der Waals surface area contributed by atoms with Crippen LogP contribution in [0, 0.1) is 5.92 Å². The molecule has 1 heterocycles. The van der Waals surface area contributed by atoms with Crippen molar-refractivity contribution in [3.8, 4) is 0 Å². The third-order valence-electron chi connectivity index (χ3n) is 4.43. The second kappa shape index (κ2) is 8.08. The molecular weight excluding hydrogens is 262 g/mol. The van der Waals surface area contributed by atoms with E-state index >= 15 is 0 Å². The Labute approximate surface area is 123 Å². The van der Waals surface area contributed by atoms with E-state index in [1.807, 2.05) is 0 Å². The van der Waals surface area contributed by atoms with Crippen molar-refractivity contribution < 1.29 is 4.79 Å². The van der Waals surface area contributed by atoms with Crippen molar-refractivity contribution in [2.45, 2.75) is 51.1 Å². The van der Waals surface area contributed by atoms with Gasteiger partial charge in [0.05, 0.1) is 6.54 Å². The van der Waals surface area contributed by atoms with E-state index in [1.165, 1.54) is 12.8 Å². The molecule has 1 saturated heterocycles. The summed E-state index contributed by atoms with van der Waals surface area (Å²) in [6, 6.07) is 0.950. The fourth-order valence-corrected chi connectivity index (χ4v) is 3.05. The van der Waals surface area contributed by atoms with Crippen LogP contribution in [0.25, 0.3) is 0 Å². The van der Waals surface area contributed by atoms with Crippen LogP contribution in [-0.2, 0) is 4.79 Å². The van der Waals surface area contributed by atoms with E-state index in [4.69, 9.17) is 0 Å². The quantitative estimate of drug-likeness (QED) is 0.822. The molecule has 1 saturated carbocycles. The molecule has 0 bridgehead atoms. The van der Waals surface area contributed by atoms with Crippen LogP contribution in [0.5, 0.6) is 0 Å². The van der Waals surface area contributed by atoms with Crippen LogP contribution in [0.15, 0.2) is 0 Å². The Balaban J connectivity index is 0.00000180. The van der Waals surface area contributed by atoms with E-state index in [2.05, 4.69) is 29.5 Å². The lowest BCUT2D eigenvalue weighted by Gasteiger charge is -2.28. The minimum atomic E-state index is 0. The number of amides is 1. The summed E-state index contributed by atoms with van der Waals surface area (Å²) in [5.41, 5.74) is 0. The molecule has 1 aliphatic carbocycles. The predicted molar refractivity (Wildman–Crippen MR) is 80.7 cm³/mol. The first-order chi connectivity index (χ1) is 8.65. The lowest BCUT2D eigenvalue weighted by atomic mass is 9.87. The predicted octanol–water partition coefficient (Wildman–Crippen LogP) is 1.40. The normalized spacial score (nSPS) is 31.0. The average Bonchev–Trinajstić information content (AvgIpc) is 2.85. The van der Waals surface area contributed by atoms with Gasteiger partial charge in [0.1, 0.15) is 0 Å². The standard InChI is InChI=1S/C14H27N3O.ClH/c1-11-3-5-12(6-4-11)16-14(18)10-17(2)13-7-8-15-9-13;/h11-13,15H,3-10H2,1-2H3,(H,16,18);1H. The molecule has 1 atom stereocenters. The van der Waals surface area contributed by atoms with E-state index in [-0.39, 0.29) is 18.3 Å². The molecule has 1 unspecified atom stereocenters. The Kier molecular flexibility index (Phi) is 7.11. The number of carbonyl (C=O) groups excluding carboxylic acids is 1. The van der Waals surface area contributed by atoms with Crippen molar-refractivity contribution in [1.82, 2.24) is 15.5 Å². The van der Waals surface area contributed by atoms with E-state index < -0.39 is 0 Å². The largest absolute Gasteiger partial charge is 0.352 e. The molecule has 0 aromatic heterocycles. The number of nitrogens with zero attached hydrogens (tertiary/aromatic N) is 1. The molecule has 19 heavy (non-hydrogen) atoms. The molecule has 2 rings (SSSR count). The van der Waals surface area contributed by atoms with E-state index in [0.29, 0.717) is 18.6 Å². The number of hydrogen-bond acceptors (Lipinski definition) is 3. The van der Waals surface area contributed by atoms with Gasteiger partial charge in [-0.25, -0.2) is 0 Å². The van der Waals surface area contributed by atoms with Gasteiger partial charge in [-0.05, 0) is 51.6 Å². The van der Waals surface area contributed by atoms with Gasteiger partial charge in [0.15, 0.2) is 0 Å². The summed E-state index contributed by atoms with van der Waals surface area (Å²) in [6.07, 6.45) is 5.98. The molecule has 2 N–H and O–H groups in total. The number of carbonyl (C=O) groups is 1. The van der Waals surface area contributed by atoms with Crippen LogP contribution in [0.4, 0.5) is 0 Å². The molecule has 2 fully saturated rings. The molecular formula is C14H28ClN3O. The minimum absolute atomic E-state index is 0. The van der Waals surface area contributed by atoms with Crippen molar-refractivity contribution in [2.24, 2.45) is 5.92 Å². The maximum atomic E-state index is 12.0. The zero-order valence-corrected chi connectivity index (χ0v) is 13.0. The zero-order valence-electron chi connectivity index (χ0n) is 12.2. The van der Waals surface area contributed by atoms with Gasteiger partial charge in [-0.3, -0.25) is 9.69 Å². The summed E-state index contributed by atoms with van der Waals surface area (Å²) >= 11 is 0. The van der Waals surface area contributed by atoms with Crippen LogP contribution in [0.1, 0.15) is 39.0 Å². The summed E-state index contributed by atoms with van der Waals surface area (Å²) in [5, 5.41) is 6.53. The van der Waals surface area contributed by atoms with Gasteiger partial charge in [0.25, 0.3) is 0 Å². The van der Waals surface area contributed by atoms with Crippen LogP contribution in [0.3, 0.4) is 0 Å². The van der Waals surface area contributed by atoms with Crippen LogP contribution in [0.2, 0.25) is 0 Å². The summed E-state index contributed by atoms with van der Waals surface area (Å²) in [6.45, 7) is 4.94. The van der Waals surface area contributed by atoms with Crippen LogP contribution < -0.4 is 10.6 Å². The summed E-state index contributed by atoms with van der Waals surface area (Å²) in [7, 11) is 2.06. The summed E-state index contributed by atoms with van der Waals surface area (Å²) in [5.74, 6) is 1.04. The van der Waals surface area contributed by atoms with E-state index in [1.54, 1.807) is 0 Å². The molecule has 4 nitrogen and oxygen atoms in total. The lowest BCUT2D eigenvalue weighted by Crippen LogP contribution is -2.45. The second-order valence-electron chi connectivity index (χ2n) is 6.09. The molecule has 1 aliphatic heterocycles. The fourth-order valence-electron chi connectivity index (χ4n) is 3.05. The zero-order chi connectivity index (χ0) is 13.0. The second-order valence-corrected chi connectivity index (χ2v) is 6.09. The highest BCUT2D eigenvalue weighted by Crippen LogP contribution is 2.23. The number of hydrogen-bond donors (Lipinski definition) is 2. The van der Waals surface area contributed by atoms with Gasteiger partial charge in [0, 0.05) is 18.6 Å². The molecule has 2 aliphatic rings. The van der Waals surface area contributed by atoms with E-state index in [0.717, 1.165) is 38.3 Å². The lowest BCUT2D eigenvalue weighted by molar-refractivity contribution is -0.123. The molecule has 112 valence electrons. The van der Waals surface area contributed by atoms with Gasteiger partial charge in [-0.15, -0.1) is 12.4 Å². The number of nitrogens with one attached hydrogen (secondary N) is 2. The van der Waals surface area contributed by atoms with Crippen LogP contribution in [-0.4, -0.2) is 49.6 Å². The van der Waals surface area contributed by atoms with Gasteiger partial charge in [0.2, 0.25) is 5.91 Å². The van der Waals surface area contributed by atoms with Crippen molar-refractivity contribution in [1.29, 1.82) is 0 Å². The highest BCUT2D eigenvalue weighted by atomic mass is 35.5. The van der Waals surface area contributed by atoms with Crippen molar-refractivity contribution in [3.63, 3.8) is 0 Å². The molecule has 0 spiro atoms. The number of halogens is 1. The Morgan fingerprint density at radius 3 is 2.53 bits per heavy atom. The van der Waals surface area contributed by atoms with Gasteiger partial charge < -0.3 is 10.6 Å². The van der Waals surface area contributed by atoms with Crippen LogP contribution >= 0.6 is 12.4 Å². The molecule has 0 aromatic rings. The Morgan fingerprint density at radius 1 is 1.26 bits per heavy atom. The van der Waals surface area contributed by atoms with Gasteiger partial charge in [-0.2, -0.15) is 0 Å². The maximum Gasteiger partial charge on any atom is 0.234 e. The Morgan fingerprint density at radius 2 is 1.95 bits per heavy atom. The minimum Gasteiger partial charge on any atom is -0.352 e. The highest BCUT2D eigenvalue weighted by molar-refractivity contribution is 5.85. The Hall–Kier alpha value is -0.320. The van der Waals surface area contributed by atoms with Gasteiger partial charge >= 0.3 is 0 Å². The van der Waals surface area contributed by atoms with E-state index in [9.17, 15) is 4.79 Å². The monoisotopic (exact) mass is 289 g/mol. The van der Waals surface area contributed by atoms with Crippen molar-refractivity contribution in [2.75, 3.05) is 26.7 Å². The smallest absolute Gasteiger partial charge is 0.234 e. The molecule has 5 heteroatoms. The molecule has 0 radical (unpaired) electrons. The summed E-state index contributed by atoms with van der Waals surface area (Å²) in [4.78, 5) is 14.2. The average molecular weight is 290 g/mol.